The summed E-state index contributed by atoms with van der Waals surface area (Å²) in [7, 11) is 0. The molecule has 40 heavy (non-hydrogen) atoms. The van der Waals surface area contributed by atoms with Crippen molar-refractivity contribution in [2.45, 2.75) is 110 Å². The molecule has 0 unspecified atom stereocenters. The summed E-state index contributed by atoms with van der Waals surface area (Å²) in [5.41, 5.74) is -0.623. The lowest BCUT2D eigenvalue weighted by Crippen LogP contribution is -2.66. The molecule has 226 valence electrons. The van der Waals surface area contributed by atoms with Crippen molar-refractivity contribution in [3.8, 4) is 5.75 Å². The molecule has 1 amide bonds. The van der Waals surface area contributed by atoms with Gasteiger partial charge in [0.25, 0.3) is 0 Å². The summed E-state index contributed by atoms with van der Waals surface area (Å²) in [6.07, 6.45) is -4.82. The summed E-state index contributed by atoms with van der Waals surface area (Å²) in [6.45, 7) is 12.1. The van der Waals surface area contributed by atoms with Crippen molar-refractivity contribution in [3.05, 3.63) is 29.8 Å². The van der Waals surface area contributed by atoms with Crippen molar-refractivity contribution in [3.63, 3.8) is 0 Å². The van der Waals surface area contributed by atoms with Crippen LogP contribution in [-0.2, 0) is 30.2 Å². The van der Waals surface area contributed by atoms with Gasteiger partial charge in [-0.3, -0.25) is 4.79 Å². The molecule has 1 aliphatic rings. The van der Waals surface area contributed by atoms with Gasteiger partial charge in [0.1, 0.15) is 41.3 Å². The first-order valence-corrected chi connectivity index (χ1v) is 13.4. The number of aliphatic hydroxyl groups excluding tert-OH is 2. The van der Waals surface area contributed by atoms with Crippen LogP contribution < -0.4 is 15.4 Å². The van der Waals surface area contributed by atoms with E-state index in [1.165, 1.54) is 6.92 Å². The van der Waals surface area contributed by atoms with E-state index in [1.807, 2.05) is 18.2 Å². The molecule has 0 spiro atoms. The van der Waals surface area contributed by atoms with Crippen molar-refractivity contribution in [2.75, 3.05) is 13.1 Å². The Morgan fingerprint density at radius 1 is 0.975 bits per heavy atom. The van der Waals surface area contributed by atoms with Crippen LogP contribution in [0.4, 0.5) is 9.59 Å². The molecular formula is C28H44N2O10. The number of hydrogen-bond donors (Lipinski definition) is 4. The summed E-state index contributed by atoms with van der Waals surface area (Å²) in [5.74, 6) is 0.136. The number of esters is 1. The highest BCUT2D eigenvalue weighted by Gasteiger charge is 2.47. The molecule has 0 aliphatic carbocycles. The Morgan fingerprint density at radius 2 is 1.65 bits per heavy atom. The van der Waals surface area contributed by atoms with Crippen molar-refractivity contribution in [1.82, 2.24) is 10.6 Å². The van der Waals surface area contributed by atoms with Crippen LogP contribution >= 0.6 is 0 Å². The molecule has 2 rings (SSSR count). The molecule has 1 heterocycles. The standard InChI is InChI=1S/C28H44N2O10/c1-17(31)36-19-13-10-12-18(15-19)11-8-9-14-29-16-20-22(32)23(33)21(30-25(34)39-27(2,3)4)24(37-20)38-26(35)40-28(5,6)7/h10,12-13,15,20-24,29,32-33H,8-9,11,14,16H2,1-7H3,(H,30,34)/t20-,21-,22-,23-,24+/m1/s1. The van der Waals surface area contributed by atoms with Crippen molar-refractivity contribution < 1.29 is 48.3 Å². The van der Waals surface area contributed by atoms with E-state index in [4.69, 9.17) is 23.7 Å². The highest BCUT2D eigenvalue weighted by molar-refractivity contribution is 5.69. The third-order valence-electron chi connectivity index (χ3n) is 5.56. The Kier molecular flexibility index (Phi) is 12.2. The molecule has 1 aromatic carbocycles. The molecule has 0 saturated carbocycles. The molecule has 5 atom stereocenters. The average molecular weight is 569 g/mol. The van der Waals surface area contributed by atoms with Crippen LogP contribution in [0.3, 0.4) is 0 Å². The van der Waals surface area contributed by atoms with Crippen LogP contribution in [0.25, 0.3) is 0 Å². The molecule has 1 saturated heterocycles. The lowest BCUT2D eigenvalue weighted by atomic mass is 9.96. The molecule has 0 bridgehead atoms. The summed E-state index contributed by atoms with van der Waals surface area (Å²) in [4.78, 5) is 35.9. The molecule has 0 radical (unpaired) electrons. The fourth-order valence-electron chi connectivity index (χ4n) is 3.92. The van der Waals surface area contributed by atoms with Gasteiger partial charge in [-0.25, -0.2) is 9.59 Å². The minimum absolute atomic E-state index is 0.146. The van der Waals surface area contributed by atoms with E-state index in [-0.39, 0.29) is 12.5 Å². The lowest BCUT2D eigenvalue weighted by molar-refractivity contribution is -0.251. The largest absolute Gasteiger partial charge is 0.511 e. The van der Waals surface area contributed by atoms with Gasteiger partial charge in [0.05, 0.1) is 0 Å². The number of alkyl carbamates (subject to hydrolysis) is 1. The molecule has 12 nitrogen and oxygen atoms in total. The van der Waals surface area contributed by atoms with E-state index >= 15 is 0 Å². The average Bonchev–Trinajstić information content (AvgIpc) is 2.79. The topological polar surface area (TPSA) is 162 Å². The lowest BCUT2D eigenvalue weighted by Gasteiger charge is -2.42. The Bertz CT molecular complexity index is 988. The van der Waals surface area contributed by atoms with Crippen molar-refractivity contribution in [1.29, 1.82) is 0 Å². The number of rotatable bonds is 10. The zero-order chi connectivity index (χ0) is 30.1. The van der Waals surface area contributed by atoms with Crippen molar-refractivity contribution >= 4 is 18.2 Å². The second-order valence-corrected chi connectivity index (χ2v) is 11.7. The van der Waals surface area contributed by atoms with Crippen LogP contribution in [0, 0.1) is 0 Å². The SMILES string of the molecule is CC(=O)Oc1cccc(CCCCNC[C@H]2O[C@@H](OC(=O)OC(C)(C)C)[C@H](NC(=O)OC(C)(C)C)[C@@H](O)[C@@H]2O)c1. The second kappa shape index (κ2) is 14.6. The van der Waals surface area contributed by atoms with E-state index in [2.05, 4.69) is 10.6 Å². The zero-order valence-electron chi connectivity index (χ0n) is 24.4. The van der Waals surface area contributed by atoms with Crippen LogP contribution in [0.1, 0.15) is 66.9 Å². The van der Waals surface area contributed by atoms with E-state index in [9.17, 15) is 24.6 Å². The van der Waals surface area contributed by atoms with Gasteiger partial charge in [-0.15, -0.1) is 0 Å². The predicted octanol–water partition coefficient (Wildman–Crippen LogP) is 2.82. The van der Waals surface area contributed by atoms with Crippen molar-refractivity contribution in [2.24, 2.45) is 0 Å². The maximum Gasteiger partial charge on any atom is 0.511 e. The number of aliphatic hydroxyl groups is 2. The fourth-order valence-corrected chi connectivity index (χ4v) is 3.92. The summed E-state index contributed by atoms with van der Waals surface area (Å²) < 4.78 is 26.7. The minimum Gasteiger partial charge on any atom is -0.444 e. The van der Waals surface area contributed by atoms with Crippen LogP contribution in [0.2, 0.25) is 0 Å². The normalized spacial score (nSPS) is 23.2. The number of nitrogens with one attached hydrogen (secondary N) is 2. The van der Waals surface area contributed by atoms with E-state index in [0.29, 0.717) is 12.3 Å². The van der Waals surface area contributed by atoms with Gasteiger partial charge in [0, 0.05) is 13.5 Å². The number of carbonyl (C=O) groups excluding carboxylic acids is 3. The van der Waals surface area contributed by atoms with Crippen LogP contribution in [0.5, 0.6) is 5.75 Å². The smallest absolute Gasteiger partial charge is 0.444 e. The zero-order valence-corrected chi connectivity index (χ0v) is 24.4. The molecule has 4 N–H and O–H groups in total. The molecule has 12 heteroatoms. The number of ether oxygens (including phenoxy) is 5. The quantitative estimate of drug-likeness (QED) is 0.187. The van der Waals surface area contributed by atoms with Gasteiger partial charge in [-0.05, 0) is 85.0 Å². The Balaban J connectivity index is 1.93. The Hall–Kier alpha value is -2.93. The summed E-state index contributed by atoms with van der Waals surface area (Å²) in [5, 5.41) is 27.2. The Morgan fingerprint density at radius 3 is 2.27 bits per heavy atom. The van der Waals surface area contributed by atoms with E-state index in [1.54, 1.807) is 47.6 Å². The van der Waals surface area contributed by atoms with Crippen LogP contribution in [0.15, 0.2) is 24.3 Å². The molecule has 1 aliphatic heterocycles. The van der Waals surface area contributed by atoms with Gasteiger partial charge < -0.3 is 44.5 Å². The molecular weight excluding hydrogens is 524 g/mol. The van der Waals surface area contributed by atoms with Gasteiger partial charge in [-0.2, -0.15) is 0 Å². The first-order chi connectivity index (χ1) is 18.5. The number of hydrogen-bond acceptors (Lipinski definition) is 11. The number of benzene rings is 1. The second-order valence-electron chi connectivity index (χ2n) is 11.7. The van der Waals surface area contributed by atoms with Gasteiger partial charge in [0.2, 0.25) is 6.29 Å². The van der Waals surface area contributed by atoms with Gasteiger partial charge >= 0.3 is 18.2 Å². The number of carbonyl (C=O) groups is 3. The molecule has 1 aromatic rings. The van der Waals surface area contributed by atoms with Gasteiger partial charge in [-0.1, -0.05) is 12.1 Å². The fraction of sp³-hybridized carbons (Fsp3) is 0.679. The van der Waals surface area contributed by atoms with E-state index in [0.717, 1.165) is 24.8 Å². The third kappa shape index (κ3) is 12.1. The number of amides is 1. The summed E-state index contributed by atoms with van der Waals surface area (Å²) >= 11 is 0. The Labute approximate surface area is 235 Å². The molecule has 1 fully saturated rings. The monoisotopic (exact) mass is 568 g/mol. The first kappa shape index (κ1) is 33.3. The summed E-state index contributed by atoms with van der Waals surface area (Å²) in [6, 6.07) is 6.04. The number of unbranched alkanes of at least 4 members (excludes halogenated alkanes) is 1. The first-order valence-electron chi connectivity index (χ1n) is 13.4. The van der Waals surface area contributed by atoms with E-state index < -0.39 is 54.1 Å². The third-order valence-corrected chi connectivity index (χ3v) is 5.56. The maximum absolute atomic E-state index is 12.4. The molecule has 0 aromatic heterocycles. The maximum atomic E-state index is 12.4. The predicted molar refractivity (Wildman–Crippen MR) is 145 cm³/mol. The number of aryl methyl sites for hydroxylation is 1. The van der Waals surface area contributed by atoms with Gasteiger partial charge in [0.15, 0.2) is 0 Å². The van der Waals surface area contributed by atoms with Crippen LogP contribution in [-0.4, -0.2) is 83.4 Å². The minimum atomic E-state index is -1.52. The highest BCUT2D eigenvalue weighted by atomic mass is 16.8. The highest BCUT2D eigenvalue weighted by Crippen LogP contribution is 2.24.